The van der Waals surface area contributed by atoms with Crippen LogP contribution in [0.1, 0.15) is 5.56 Å². The van der Waals surface area contributed by atoms with Gasteiger partial charge in [0.1, 0.15) is 5.75 Å². The van der Waals surface area contributed by atoms with Crippen molar-refractivity contribution in [1.82, 2.24) is 9.97 Å². The third-order valence-corrected chi connectivity index (χ3v) is 2.59. The fraction of sp³-hybridized carbons (Fsp3) is 0.167. The second-order valence-corrected chi connectivity index (χ2v) is 3.83. The Morgan fingerprint density at radius 3 is 2.81 bits per heavy atom. The topological polar surface area (TPSA) is 37.9 Å². The van der Waals surface area contributed by atoms with Gasteiger partial charge in [-0.1, -0.05) is 12.1 Å². The first-order valence-electron chi connectivity index (χ1n) is 4.91. The van der Waals surface area contributed by atoms with E-state index in [1.165, 1.54) is 0 Å². The zero-order chi connectivity index (χ0) is 11.5. The number of rotatable bonds is 2. The van der Waals surface area contributed by atoms with Crippen LogP contribution < -0.4 is 4.74 Å². The molecule has 1 aromatic heterocycles. The van der Waals surface area contributed by atoms with E-state index in [0.717, 1.165) is 22.6 Å². The SMILES string of the molecule is COc1ccccc1-c1[nH]c(=S)ncc1C. The third-order valence-electron chi connectivity index (χ3n) is 2.38. The minimum Gasteiger partial charge on any atom is -0.496 e. The van der Waals surface area contributed by atoms with E-state index in [-0.39, 0.29) is 0 Å². The number of hydrogen-bond donors (Lipinski definition) is 1. The van der Waals surface area contributed by atoms with Crippen LogP contribution in [-0.2, 0) is 0 Å². The number of H-pyrrole nitrogens is 1. The summed E-state index contributed by atoms with van der Waals surface area (Å²) in [7, 11) is 1.66. The Hall–Kier alpha value is -1.68. The van der Waals surface area contributed by atoms with Crippen molar-refractivity contribution in [3.8, 4) is 17.0 Å². The van der Waals surface area contributed by atoms with E-state index < -0.39 is 0 Å². The molecule has 16 heavy (non-hydrogen) atoms. The minimum atomic E-state index is 0.478. The summed E-state index contributed by atoms with van der Waals surface area (Å²) in [4.78, 5) is 7.13. The lowest BCUT2D eigenvalue weighted by atomic mass is 10.1. The quantitative estimate of drug-likeness (QED) is 0.808. The molecule has 0 radical (unpaired) electrons. The molecule has 0 saturated heterocycles. The van der Waals surface area contributed by atoms with E-state index in [2.05, 4.69) is 9.97 Å². The van der Waals surface area contributed by atoms with Crippen molar-refractivity contribution >= 4 is 12.2 Å². The average Bonchev–Trinajstić information content (AvgIpc) is 2.32. The Kier molecular flexibility index (Phi) is 3.01. The van der Waals surface area contributed by atoms with E-state index >= 15 is 0 Å². The fourth-order valence-electron chi connectivity index (χ4n) is 1.59. The summed E-state index contributed by atoms with van der Waals surface area (Å²) >= 11 is 5.03. The molecule has 1 N–H and O–H groups in total. The number of hydrogen-bond acceptors (Lipinski definition) is 3. The van der Waals surface area contributed by atoms with Gasteiger partial charge in [-0.15, -0.1) is 0 Å². The molecule has 0 bridgehead atoms. The molecule has 0 aliphatic heterocycles. The Labute approximate surface area is 99.1 Å². The second-order valence-electron chi connectivity index (χ2n) is 3.45. The predicted octanol–water partition coefficient (Wildman–Crippen LogP) is 3.12. The lowest BCUT2D eigenvalue weighted by molar-refractivity contribution is 0.416. The standard InChI is InChI=1S/C12H12N2OS/c1-8-7-13-12(16)14-11(8)9-5-3-4-6-10(9)15-2/h3-7H,1-2H3,(H,13,14,16). The molecule has 1 heterocycles. The Morgan fingerprint density at radius 2 is 2.06 bits per heavy atom. The van der Waals surface area contributed by atoms with Gasteiger partial charge in [-0.3, -0.25) is 0 Å². The molecule has 82 valence electrons. The highest BCUT2D eigenvalue weighted by molar-refractivity contribution is 7.71. The first-order valence-corrected chi connectivity index (χ1v) is 5.32. The average molecular weight is 232 g/mol. The Balaban J connectivity index is 2.67. The summed E-state index contributed by atoms with van der Waals surface area (Å²) in [5.74, 6) is 0.822. The minimum absolute atomic E-state index is 0.478. The van der Waals surface area contributed by atoms with Gasteiger partial charge in [0.2, 0.25) is 0 Å². The van der Waals surface area contributed by atoms with E-state index in [9.17, 15) is 0 Å². The maximum absolute atomic E-state index is 5.32. The lowest BCUT2D eigenvalue weighted by Gasteiger charge is -2.10. The van der Waals surface area contributed by atoms with E-state index in [1.54, 1.807) is 13.3 Å². The fourth-order valence-corrected chi connectivity index (χ4v) is 1.74. The zero-order valence-corrected chi connectivity index (χ0v) is 9.97. The molecule has 0 saturated carbocycles. The Morgan fingerprint density at radius 1 is 1.31 bits per heavy atom. The molecule has 3 nitrogen and oxygen atoms in total. The smallest absolute Gasteiger partial charge is 0.197 e. The van der Waals surface area contributed by atoms with Gasteiger partial charge in [-0.2, -0.15) is 0 Å². The van der Waals surface area contributed by atoms with Crippen molar-refractivity contribution in [1.29, 1.82) is 0 Å². The molecule has 2 rings (SSSR count). The summed E-state index contributed by atoms with van der Waals surface area (Å²) < 4.78 is 5.80. The number of methoxy groups -OCH3 is 1. The number of ether oxygens (including phenoxy) is 1. The molecule has 0 amide bonds. The van der Waals surface area contributed by atoms with Crippen LogP contribution >= 0.6 is 12.2 Å². The molecule has 4 heteroatoms. The first kappa shape index (κ1) is 10.8. The maximum Gasteiger partial charge on any atom is 0.197 e. The summed E-state index contributed by atoms with van der Waals surface area (Å²) in [5.41, 5.74) is 2.99. The van der Waals surface area contributed by atoms with Crippen molar-refractivity contribution in [2.75, 3.05) is 7.11 Å². The summed E-state index contributed by atoms with van der Waals surface area (Å²) in [6.07, 6.45) is 1.76. The highest BCUT2D eigenvalue weighted by Gasteiger charge is 2.07. The monoisotopic (exact) mass is 232 g/mol. The second kappa shape index (κ2) is 4.45. The lowest BCUT2D eigenvalue weighted by Crippen LogP contribution is -1.94. The van der Waals surface area contributed by atoms with E-state index in [4.69, 9.17) is 17.0 Å². The van der Waals surface area contributed by atoms with Crippen molar-refractivity contribution in [3.05, 3.63) is 40.8 Å². The zero-order valence-electron chi connectivity index (χ0n) is 9.15. The number of aryl methyl sites for hydroxylation is 1. The van der Waals surface area contributed by atoms with E-state index in [1.807, 2.05) is 31.2 Å². The summed E-state index contributed by atoms with van der Waals surface area (Å²) in [6.45, 7) is 1.99. The van der Waals surface area contributed by atoms with E-state index in [0.29, 0.717) is 4.77 Å². The Bertz CT molecular complexity index is 563. The number of aromatic amines is 1. The van der Waals surface area contributed by atoms with Gasteiger partial charge in [0.15, 0.2) is 4.77 Å². The molecule has 1 aromatic carbocycles. The summed E-state index contributed by atoms with van der Waals surface area (Å²) in [5, 5.41) is 0. The molecular formula is C12H12N2OS. The third kappa shape index (κ3) is 1.97. The van der Waals surface area contributed by atoms with Crippen LogP contribution in [0, 0.1) is 11.7 Å². The number of benzene rings is 1. The summed E-state index contributed by atoms with van der Waals surface area (Å²) in [6, 6.07) is 7.82. The molecule has 0 spiro atoms. The van der Waals surface area contributed by atoms with Gasteiger partial charge in [0.05, 0.1) is 12.8 Å². The highest BCUT2D eigenvalue weighted by atomic mass is 32.1. The molecule has 0 aliphatic carbocycles. The predicted molar refractivity (Wildman–Crippen MR) is 66.1 cm³/mol. The van der Waals surface area contributed by atoms with Gasteiger partial charge < -0.3 is 9.72 Å². The van der Waals surface area contributed by atoms with Crippen LogP contribution in [0.25, 0.3) is 11.3 Å². The number of para-hydroxylation sites is 1. The van der Waals surface area contributed by atoms with Crippen molar-refractivity contribution < 1.29 is 4.74 Å². The molecule has 0 aliphatic rings. The maximum atomic E-state index is 5.32. The van der Waals surface area contributed by atoms with Crippen LogP contribution in [0.5, 0.6) is 5.75 Å². The van der Waals surface area contributed by atoms with Crippen LogP contribution in [0.4, 0.5) is 0 Å². The van der Waals surface area contributed by atoms with Crippen LogP contribution in [0.2, 0.25) is 0 Å². The molecule has 0 unspecified atom stereocenters. The van der Waals surface area contributed by atoms with Crippen LogP contribution in [0.15, 0.2) is 30.5 Å². The molecule has 0 fully saturated rings. The number of nitrogens with one attached hydrogen (secondary N) is 1. The molecular weight excluding hydrogens is 220 g/mol. The first-order chi connectivity index (χ1) is 7.72. The van der Waals surface area contributed by atoms with Crippen LogP contribution in [-0.4, -0.2) is 17.1 Å². The van der Waals surface area contributed by atoms with Gasteiger partial charge in [-0.25, -0.2) is 4.98 Å². The highest BCUT2D eigenvalue weighted by Crippen LogP contribution is 2.29. The van der Waals surface area contributed by atoms with Crippen LogP contribution in [0.3, 0.4) is 0 Å². The molecule has 0 atom stereocenters. The van der Waals surface area contributed by atoms with Gasteiger partial charge in [0.25, 0.3) is 0 Å². The molecule has 2 aromatic rings. The van der Waals surface area contributed by atoms with Gasteiger partial charge in [-0.05, 0) is 36.8 Å². The van der Waals surface area contributed by atoms with Crippen molar-refractivity contribution in [2.45, 2.75) is 6.92 Å². The van der Waals surface area contributed by atoms with Gasteiger partial charge >= 0.3 is 0 Å². The largest absolute Gasteiger partial charge is 0.496 e. The normalized spacial score (nSPS) is 10.1. The number of aromatic nitrogens is 2. The van der Waals surface area contributed by atoms with Crippen molar-refractivity contribution in [3.63, 3.8) is 0 Å². The van der Waals surface area contributed by atoms with Gasteiger partial charge in [0, 0.05) is 11.8 Å². The number of nitrogens with zero attached hydrogens (tertiary/aromatic N) is 1. The van der Waals surface area contributed by atoms with Crippen molar-refractivity contribution in [2.24, 2.45) is 0 Å².